The summed E-state index contributed by atoms with van der Waals surface area (Å²) < 4.78 is 10.6. The fraction of sp³-hybridized carbons (Fsp3) is 0.524. The highest BCUT2D eigenvalue weighted by Crippen LogP contribution is 2.20. The molecule has 0 fully saturated rings. The number of ether oxygens (including phenoxy) is 2. The standard InChI is InChI=1S/C12H16N2O2.C3H6.3C2H6/c1-5-7-8-16-12-10(4)13-11(15-6-2)9(3)14-12;1-3-2;3*1-2/h5,7-8H,1,6H2,2-4H3;3H,1H2,2H3;3*1-2H3/b8-7+;;;;. The van der Waals surface area contributed by atoms with Crippen molar-refractivity contribution < 1.29 is 9.47 Å². The quantitative estimate of drug-likeness (QED) is 0.330. The van der Waals surface area contributed by atoms with Gasteiger partial charge in [0.2, 0.25) is 11.8 Å². The first-order valence-corrected chi connectivity index (χ1v) is 9.09. The van der Waals surface area contributed by atoms with E-state index in [0.29, 0.717) is 24.1 Å². The van der Waals surface area contributed by atoms with Crippen molar-refractivity contribution in [1.82, 2.24) is 9.97 Å². The summed E-state index contributed by atoms with van der Waals surface area (Å²) in [6, 6.07) is 0. The highest BCUT2D eigenvalue weighted by Gasteiger charge is 2.08. The fourth-order valence-corrected chi connectivity index (χ4v) is 1.11. The fourth-order valence-electron chi connectivity index (χ4n) is 1.11. The van der Waals surface area contributed by atoms with Crippen molar-refractivity contribution in [2.45, 2.75) is 69.2 Å². The second-order valence-corrected chi connectivity index (χ2v) is 3.53. The number of nitrogens with zero attached hydrogens (tertiary/aromatic N) is 2. The second kappa shape index (κ2) is 26.8. The van der Waals surface area contributed by atoms with E-state index in [1.165, 1.54) is 6.26 Å². The summed E-state index contributed by atoms with van der Waals surface area (Å²) in [5, 5.41) is 0. The molecule has 4 nitrogen and oxygen atoms in total. The van der Waals surface area contributed by atoms with Crippen LogP contribution in [0, 0.1) is 13.8 Å². The Hall–Kier alpha value is -2.10. The lowest BCUT2D eigenvalue weighted by atomic mass is 10.4. The van der Waals surface area contributed by atoms with E-state index in [2.05, 4.69) is 23.1 Å². The topological polar surface area (TPSA) is 44.2 Å². The average Bonchev–Trinajstić information content (AvgIpc) is 2.65. The molecule has 0 radical (unpaired) electrons. The minimum Gasteiger partial charge on any atom is -0.477 e. The molecule has 0 bridgehead atoms. The summed E-state index contributed by atoms with van der Waals surface area (Å²) >= 11 is 0. The maximum Gasteiger partial charge on any atom is 0.240 e. The van der Waals surface area contributed by atoms with Crippen molar-refractivity contribution >= 4 is 0 Å². The maximum absolute atomic E-state index is 5.33. The van der Waals surface area contributed by atoms with E-state index < -0.39 is 0 Å². The van der Waals surface area contributed by atoms with Crippen LogP contribution < -0.4 is 9.47 Å². The number of aromatic nitrogens is 2. The molecule has 0 spiro atoms. The molecule has 0 atom stereocenters. The first kappa shape index (κ1) is 30.7. The Kier molecular flexibility index (Phi) is 32.9. The summed E-state index contributed by atoms with van der Waals surface area (Å²) in [5.74, 6) is 1.04. The van der Waals surface area contributed by atoms with Gasteiger partial charge in [0.15, 0.2) is 0 Å². The van der Waals surface area contributed by atoms with E-state index >= 15 is 0 Å². The predicted molar refractivity (Wildman–Crippen MR) is 113 cm³/mol. The SMILES string of the molecule is C=C/C=C/Oc1nc(C)c(OCC)nc1C.C=CC.CC.CC.CC. The van der Waals surface area contributed by atoms with Crippen molar-refractivity contribution in [3.8, 4) is 11.8 Å². The minimum absolute atomic E-state index is 0.485. The number of hydrogen-bond acceptors (Lipinski definition) is 4. The third-order valence-electron chi connectivity index (χ3n) is 1.83. The molecule has 1 aromatic heterocycles. The van der Waals surface area contributed by atoms with Crippen molar-refractivity contribution in [3.05, 3.63) is 49.0 Å². The molecular weight excluding hydrogens is 312 g/mol. The van der Waals surface area contributed by atoms with Crippen LogP contribution in [-0.2, 0) is 0 Å². The Bertz CT molecular complexity index is 442. The highest BCUT2D eigenvalue weighted by molar-refractivity contribution is 5.27. The predicted octanol–water partition coefficient (Wildman–Crippen LogP) is 6.84. The second-order valence-electron chi connectivity index (χ2n) is 3.53. The molecule has 0 amide bonds. The first-order chi connectivity index (χ1) is 12.1. The zero-order valence-electron chi connectivity index (χ0n) is 18.1. The van der Waals surface area contributed by atoms with Crippen LogP contribution in [0.15, 0.2) is 37.6 Å². The van der Waals surface area contributed by atoms with Gasteiger partial charge in [-0.3, -0.25) is 0 Å². The van der Waals surface area contributed by atoms with Crippen LogP contribution in [0.5, 0.6) is 11.8 Å². The third kappa shape index (κ3) is 18.1. The van der Waals surface area contributed by atoms with Gasteiger partial charge in [-0.05, 0) is 33.8 Å². The number of rotatable bonds is 5. The molecule has 0 saturated heterocycles. The van der Waals surface area contributed by atoms with Crippen molar-refractivity contribution in [3.63, 3.8) is 0 Å². The first-order valence-electron chi connectivity index (χ1n) is 9.09. The Labute approximate surface area is 156 Å². The van der Waals surface area contributed by atoms with Gasteiger partial charge in [-0.1, -0.05) is 60.3 Å². The van der Waals surface area contributed by atoms with Gasteiger partial charge in [0.05, 0.1) is 12.9 Å². The third-order valence-corrected chi connectivity index (χ3v) is 1.83. The van der Waals surface area contributed by atoms with Gasteiger partial charge >= 0.3 is 0 Å². The van der Waals surface area contributed by atoms with E-state index in [9.17, 15) is 0 Å². The normalized spacial score (nSPS) is 7.92. The molecule has 0 aliphatic heterocycles. The number of allylic oxidation sites excluding steroid dienone is 3. The molecule has 4 heteroatoms. The van der Waals surface area contributed by atoms with Gasteiger partial charge in [-0.25, -0.2) is 9.97 Å². The Morgan fingerprint density at radius 2 is 1.28 bits per heavy atom. The highest BCUT2D eigenvalue weighted by atomic mass is 16.5. The van der Waals surface area contributed by atoms with Gasteiger partial charge in [-0.2, -0.15) is 0 Å². The molecule has 1 aromatic rings. The van der Waals surface area contributed by atoms with Gasteiger partial charge in [0.25, 0.3) is 0 Å². The number of aryl methyl sites for hydroxylation is 2. The molecule has 0 aliphatic rings. The van der Waals surface area contributed by atoms with E-state index in [4.69, 9.17) is 9.47 Å². The molecule has 1 rings (SSSR count). The molecule has 0 saturated carbocycles. The van der Waals surface area contributed by atoms with Crippen molar-refractivity contribution in [2.75, 3.05) is 6.61 Å². The summed E-state index contributed by atoms with van der Waals surface area (Å²) in [6.45, 7) is 26.9. The lowest BCUT2D eigenvalue weighted by Crippen LogP contribution is -2.02. The minimum atomic E-state index is 0.485. The average molecular weight is 353 g/mol. The molecule has 0 aromatic carbocycles. The van der Waals surface area contributed by atoms with Crippen LogP contribution in [0.4, 0.5) is 0 Å². The lowest BCUT2D eigenvalue weighted by Gasteiger charge is -2.08. The van der Waals surface area contributed by atoms with Crippen LogP contribution in [0.3, 0.4) is 0 Å². The summed E-state index contributed by atoms with van der Waals surface area (Å²) in [4.78, 5) is 8.54. The number of hydrogen-bond donors (Lipinski definition) is 0. The van der Waals surface area contributed by atoms with Crippen molar-refractivity contribution in [1.29, 1.82) is 0 Å². The van der Waals surface area contributed by atoms with Gasteiger partial charge in [0, 0.05) is 0 Å². The molecule has 0 aliphatic carbocycles. The van der Waals surface area contributed by atoms with Crippen LogP contribution in [0.2, 0.25) is 0 Å². The molecule has 0 unspecified atom stereocenters. The Morgan fingerprint density at radius 1 is 0.880 bits per heavy atom. The summed E-state index contributed by atoms with van der Waals surface area (Å²) in [5.41, 5.74) is 1.41. The largest absolute Gasteiger partial charge is 0.477 e. The smallest absolute Gasteiger partial charge is 0.240 e. The molecule has 1 heterocycles. The Morgan fingerprint density at radius 3 is 1.68 bits per heavy atom. The van der Waals surface area contributed by atoms with E-state index in [1.807, 2.05) is 69.2 Å². The summed E-state index contributed by atoms with van der Waals surface area (Å²) in [7, 11) is 0. The summed E-state index contributed by atoms with van der Waals surface area (Å²) in [6.07, 6.45) is 6.58. The zero-order valence-corrected chi connectivity index (χ0v) is 18.1. The van der Waals surface area contributed by atoms with Crippen LogP contribution >= 0.6 is 0 Å². The zero-order chi connectivity index (χ0) is 20.7. The molecule has 25 heavy (non-hydrogen) atoms. The monoisotopic (exact) mass is 352 g/mol. The van der Waals surface area contributed by atoms with E-state index in [-0.39, 0.29) is 0 Å². The maximum atomic E-state index is 5.33. The van der Waals surface area contributed by atoms with Crippen LogP contribution in [0.25, 0.3) is 0 Å². The van der Waals surface area contributed by atoms with Gasteiger partial charge < -0.3 is 9.47 Å². The van der Waals surface area contributed by atoms with Gasteiger partial charge in [-0.15, -0.1) is 6.58 Å². The van der Waals surface area contributed by atoms with Crippen LogP contribution in [0.1, 0.15) is 66.8 Å². The van der Waals surface area contributed by atoms with Crippen molar-refractivity contribution in [2.24, 2.45) is 0 Å². The molecule has 146 valence electrons. The Balaban J connectivity index is -0.000000210. The van der Waals surface area contributed by atoms with Crippen LogP contribution in [-0.4, -0.2) is 16.6 Å². The van der Waals surface area contributed by atoms with E-state index in [1.54, 1.807) is 18.2 Å². The van der Waals surface area contributed by atoms with E-state index in [0.717, 1.165) is 5.69 Å². The molecular formula is C21H40N2O2. The lowest BCUT2D eigenvalue weighted by molar-refractivity contribution is 0.318. The van der Waals surface area contributed by atoms with Gasteiger partial charge in [0.1, 0.15) is 11.4 Å². The molecule has 0 N–H and O–H groups in total.